The number of likely N-dealkylation sites (tertiary alicyclic amines) is 1. The van der Waals surface area contributed by atoms with Gasteiger partial charge in [-0.1, -0.05) is 0 Å². The highest BCUT2D eigenvalue weighted by atomic mass is 16.2. The van der Waals surface area contributed by atoms with E-state index in [0.29, 0.717) is 6.54 Å². The maximum Gasteiger partial charge on any atom is 0.239 e. The molecule has 0 saturated carbocycles. The molecule has 0 bridgehead atoms. The highest BCUT2D eigenvalue weighted by molar-refractivity contribution is 5.84. The third-order valence-electron chi connectivity index (χ3n) is 3.71. The maximum atomic E-state index is 12.2. The number of nitrogens with one attached hydrogen (secondary N) is 2. The van der Waals surface area contributed by atoms with Crippen LogP contribution in [0.15, 0.2) is 0 Å². The standard InChI is InChI=1S/C12H21N3O2/c1-13-11(16)9-4-3-7-15(8-9)12(17)10-5-2-6-14-10/h9-10,14H,2-8H2,1H3,(H,13,16)/t9?,10-/m1/s1. The first kappa shape index (κ1) is 12.4. The van der Waals surface area contributed by atoms with E-state index < -0.39 is 0 Å². The molecule has 2 amide bonds. The third-order valence-corrected chi connectivity index (χ3v) is 3.71. The lowest BCUT2D eigenvalue weighted by Gasteiger charge is -2.33. The van der Waals surface area contributed by atoms with Crippen molar-refractivity contribution in [3.63, 3.8) is 0 Å². The lowest BCUT2D eigenvalue weighted by atomic mass is 9.96. The van der Waals surface area contributed by atoms with Crippen LogP contribution in [0, 0.1) is 5.92 Å². The molecule has 17 heavy (non-hydrogen) atoms. The number of carbonyl (C=O) groups is 2. The van der Waals surface area contributed by atoms with Crippen LogP contribution in [0.2, 0.25) is 0 Å². The van der Waals surface area contributed by atoms with Crippen LogP contribution in [-0.4, -0.2) is 49.4 Å². The Balaban J connectivity index is 1.92. The van der Waals surface area contributed by atoms with Gasteiger partial charge in [-0.15, -0.1) is 0 Å². The van der Waals surface area contributed by atoms with Crippen LogP contribution in [-0.2, 0) is 9.59 Å². The van der Waals surface area contributed by atoms with E-state index >= 15 is 0 Å². The summed E-state index contributed by atoms with van der Waals surface area (Å²) >= 11 is 0. The summed E-state index contributed by atoms with van der Waals surface area (Å²) in [5.41, 5.74) is 0. The molecule has 0 aliphatic carbocycles. The molecular weight excluding hydrogens is 218 g/mol. The fourth-order valence-electron chi connectivity index (χ4n) is 2.71. The first-order valence-electron chi connectivity index (χ1n) is 6.46. The summed E-state index contributed by atoms with van der Waals surface area (Å²) in [4.78, 5) is 25.6. The smallest absolute Gasteiger partial charge is 0.239 e. The summed E-state index contributed by atoms with van der Waals surface area (Å²) in [6, 6.07) is -0.0153. The fraction of sp³-hybridized carbons (Fsp3) is 0.833. The van der Waals surface area contributed by atoms with Gasteiger partial charge < -0.3 is 15.5 Å². The number of nitrogens with zero attached hydrogens (tertiary/aromatic N) is 1. The number of carbonyl (C=O) groups excluding carboxylic acids is 2. The number of hydrogen-bond acceptors (Lipinski definition) is 3. The Morgan fingerprint density at radius 1 is 1.29 bits per heavy atom. The Labute approximate surface area is 102 Å². The van der Waals surface area contributed by atoms with E-state index in [9.17, 15) is 9.59 Å². The van der Waals surface area contributed by atoms with Crippen LogP contribution in [0.4, 0.5) is 0 Å². The topological polar surface area (TPSA) is 61.4 Å². The van der Waals surface area contributed by atoms with Crippen molar-refractivity contribution in [1.29, 1.82) is 0 Å². The molecule has 5 heteroatoms. The zero-order chi connectivity index (χ0) is 12.3. The quantitative estimate of drug-likeness (QED) is 0.697. The molecule has 0 aromatic rings. The molecule has 96 valence electrons. The van der Waals surface area contributed by atoms with Crippen molar-refractivity contribution in [3.05, 3.63) is 0 Å². The van der Waals surface area contributed by atoms with Gasteiger partial charge in [0.15, 0.2) is 0 Å². The zero-order valence-electron chi connectivity index (χ0n) is 10.4. The molecule has 2 N–H and O–H groups in total. The van der Waals surface area contributed by atoms with Gasteiger partial charge in [-0.2, -0.15) is 0 Å². The minimum Gasteiger partial charge on any atom is -0.359 e. The molecule has 2 aliphatic heterocycles. The van der Waals surface area contributed by atoms with Gasteiger partial charge in [0.05, 0.1) is 12.0 Å². The molecule has 0 spiro atoms. The van der Waals surface area contributed by atoms with Crippen molar-refractivity contribution in [2.75, 3.05) is 26.7 Å². The molecular formula is C12H21N3O2. The average molecular weight is 239 g/mol. The van der Waals surface area contributed by atoms with Gasteiger partial charge >= 0.3 is 0 Å². The molecule has 5 nitrogen and oxygen atoms in total. The van der Waals surface area contributed by atoms with Gasteiger partial charge in [0, 0.05) is 20.1 Å². The van der Waals surface area contributed by atoms with Crippen LogP contribution < -0.4 is 10.6 Å². The molecule has 0 aromatic carbocycles. The second-order valence-corrected chi connectivity index (χ2v) is 4.89. The van der Waals surface area contributed by atoms with E-state index in [4.69, 9.17) is 0 Å². The molecule has 1 unspecified atom stereocenters. The molecule has 2 heterocycles. The summed E-state index contributed by atoms with van der Waals surface area (Å²) in [5.74, 6) is 0.206. The lowest BCUT2D eigenvalue weighted by molar-refractivity contribution is -0.137. The van der Waals surface area contributed by atoms with Gasteiger partial charge in [-0.25, -0.2) is 0 Å². The average Bonchev–Trinajstić information content (AvgIpc) is 2.91. The van der Waals surface area contributed by atoms with Crippen molar-refractivity contribution in [2.45, 2.75) is 31.7 Å². The fourth-order valence-corrected chi connectivity index (χ4v) is 2.71. The summed E-state index contributed by atoms with van der Waals surface area (Å²) in [6.07, 6.45) is 3.82. The zero-order valence-corrected chi connectivity index (χ0v) is 10.4. The van der Waals surface area contributed by atoms with E-state index in [1.165, 1.54) is 0 Å². The molecule has 2 rings (SSSR count). The van der Waals surface area contributed by atoms with Gasteiger partial charge in [0.1, 0.15) is 0 Å². The number of rotatable bonds is 2. The Bertz CT molecular complexity index is 300. The predicted octanol–water partition coefficient (Wildman–Crippen LogP) is -0.277. The van der Waals surface area contributed by atoms with Gasteiger partial charge in [0.2, 0.25) is 11.8 Å². The van der Waals surface area contributed by atoms with Gasteiger partial charge in [-0.05, 0) is 32.2 Å². The van der Waals surface area contributed by atoms with E-state index in [1.54, 1.807) is 7.05 Å². The molecule has 2 aliphatic rings. The Kier molecular flexibility index (Phi) is 3.99. The highest BCUT2D eigenvalue weighted by Gasteiger charge is 2.32. The summed E-state index contributed by atoms with van der Waals surface area (Å²) in [7, 11) is 1.65. The van der Waals surface area contributed by atoms with Crippen LogP contribution >= 0.6 is 0 Å². The number of amides is 2. The Morgan fingerprint density at radius 2 is 2.12 bits per heavy atom. The van der Waals surface area contributed by atoms with Crippen LogP contribution in [0.3, 0.4) is 0 Å². The first-order valence-corrected chi connectivity index (χ1v) is 6.46. The molecule has 2 atom stereocenters. The monoisotopic (exact) mass is 239 g/mol. The van der Waals surface area contributed by atoms with Crippen molar-refractivity contribution in [3.8, 4) is 0 Å². The van der Waals surface area contributed by atoms with Crippen LogP contribution in [0.25, 0.3) is 0 Å². The lowest BCUT2D eigenvalue weighted by Crippen LogP contribution is -2.50. The largest absolute Gasteiger partial charge is 0.359 e. The Hall–Kier alpha value is -1.10. The van der Waals surface area contributed by atoms with E-state index in [0.717, 1.165) is 38.8 Å². The van der Waals surface area contributed by atoms with Crippen LogP contribution in [0.1, 0.15) is 25.7 Å². The second kappa shape index (κ2) is 5.49. The second-order valence-electron chi connectivity index (χ2n) is 4.89. The normalized spacial score (nSPS) is 29.1. The van der Waals surface area contributed by atoms with E-state index in [-0.39, 0.29) is 23.8 Å². The molecule has 0 aromatic heterocycles. The third kappa shape index (κ3) is 2.77. The molecule has 2 saturated heterocycles. The maximum absolute atomic E-state index is 12.2. The van der Waals surface area contributed by atoms with Crippen molar-refractivity contribution < 1.29 is 9.59 Å². The summed E-state index contributed by atoms with van der Waals surface area (Å²) in [5, 5.41) is 5.89. The van der Waals surface area contributed by atoms with E-state index in [1.807, 2.05) is 4.90 Å². The first-order chi connectivity index (χ1) is 8.22. The summed E-state index contributed by atoms with van der Waals surface area (Å²) < 4.78 is 0. The van der Waals surface area contributed by atoms with Crippen molar-refractivity contribution in [2.24, 2.45) is 5.92 Å². The highest BCUT2D eigenvalue weighted by Crippen LogP contribution is 2.19. The minimum atomic E-state index is -0.0286. The number of hydrogen-bond donors (Lipinski definition) is 2. The summed E-state index contributed by atoms with van der Waals surface area (Å²) in [6.45, 7) is 2.31. The van der Waals surface area contributed by atoms with Crippen molar-refractivity contribution >= 4 is 11.8 Å². The minimum absolute atomic E-state index is 0.0153. The SMILES string of the molecule is CNC(=O)C1CCCN(C(=O)[C@H]2CCCN2)C1. The predicted molar refractivity (Wildman–Crippen MR) is 64.4 cm³/mol. The van der Waals surface area contributed by atoms with Gasteiger partial charge in [-0.3, -0.25) is 9.59 Å². The Morgan fingerprint density at radius 3 is 2.76 bits per heavy atom. The molecule has 2 fully saturated rings. The van der Waals surface area contributed by atoms with Gasteiger partial charge in [0.25, 0.3) is 0 Å². The number of piperidine rings is 1. The van der Waals surface area contributed by atoms with Crippen molar-refractivity contribution in [1.82, 2.24) is 15.5 Å². The van der Waals surface area contributed by atoms with Crippen LogP contribution in [0.5, 0.6) is 0 Å². The molecule has 0 radical (unpaired) electrons. The van der Waals surface area contributed by atoms with E-state index in [2.05, 4.69) is 10.6 Å².